The lowest BCUT2D eigenvalue weighted by Crippen LogP contribution is -2.52. The van der Waals surface area contributed by atoms with Crippen LogP contribution in [-0.4, -0.2) is 80.0 Å². The highest BCUT2D eigenvalue weighted by atomic mass is 16.5. The molecule has 0 bridgehead atoms. The van der Waals surface area contributed by atoms with Crippen LogP contribution in [0.4, 0.5) is 0 Å². The molecule has 170 valence electrons. The molecule has 0 atom stereocenters. The van der Waals surface area contributed by atoms with Gasteiger partial charge in [0.1, 0.15) is 6.54 Å². The number of benzene rings is 1. The molecule has 1 aliphatic heterocycles. The molecule has 31 heavy (non-hydrogen) atoms. The van der Waals surface area contributed by atoms with Crippen LogP contribution in [0.25, 0.3) is 0 Å². The standard InChI is InChI=1S/C21H32N6O4/c1-6-22-21(23-13-19-24-15(2)25-31-19)27-9-7-26(8-10-27)14-16-11-17(28-3)20(30-5)18(12-16)29-4/h11-12H,6-10,13-14H2,1-5H3,(H,22,23). The molecule has 10 heteroatoms. The Labute approximate surface area is 183 Å². The topological polar surface area (TPSA) is 97.5 Å². The number of piperazine rings is 1. The third-order valence-electron chi connectivity index (χ3n) is 5.07. The van der Waals surface area contributed by atoms with Crippen LogP contribution in [0.3, 0.4) is 0 Å². The maximum Gasteiger partial charge on any atom is 0.248 e. The van der Waals surface area contributed by atoms with Crippen molar-refractivity contribution in [1.29, 1.82) is 0 Å². The van der Waals surface area contributed by atoms with E-state index < -0.39 is 0 Å². The maximum atomic E-state index is 5.48. The first-order chi connectivity index (χ1) is 15.1. The molecule has 10 nitrogen and oxygen atoms in total. The molecule has 3 rings (SSSR count). The molecular formula is C21H32N6O4. The van der Waals surface area contributed by atoms with E-state index in [4.69, 9.17) is 18.7 Å². The van der Waals surface area contributed by atoms with Crippen LogP contribution in [0.2, 0.25) is 0 Å². The maximum absolute atomic E-state index is 5.48. The van der Waals surface area contributed by atoms with Crippen LogP contribution in [0.15, 0.2) is 21.6 Å². The minimum absolute atomic E-state index is 0.370. The second-order valence-corrected chi connectivity index (χ2v) is 7.20. The number of nitrogens with one attached hydrogen (secondary N) is 1. The molecule has 1 N–H and O–H groups in total. The predicted octanol–water partition coefficient (Wildman–Crippen LogP) is 1.69. The van der Waals surface area contributed by atoms with Gasteiger partial charge in [-0.15, -0.1) is 0 Å². The highest BCUT2D eigenvalue weighted by molar-refractivity contribution is 5.80. The van der Waals surface area contributed by atoms with E-state index in [0.717, 1.165) is 50.8 Å². The Kier molecular flexibility index (Phi) is 7.94. The van der Waals surface area contributed by atoms with Crippen molar-refractivity contribution in [3.8, 4) is 17.2 Å². The van der Waals surface area contributed by atoms with Gasteiger partial charge in [-0.05, 0) is 31.5 Å². The average molecular weight is 433 g/mol. The van der Waals surface area contributed by atoms with Crippen molar-refractivity contribution in [1.82, 2.24) is 25.3 Å². The minimum atomic E-state index is 0.370. The lowest BCUT2D eigenvalue weighted by Gasteiger charge is -2.36. The molecule has 0 radical (unpaired) electrons. The fraction of sp³-hybridized carbons (Fsp3) is 0.571. The largest absolute Gasteiger partial charge is 0.493 e. The van der Waals surface area contributed by atoms with Gasteiger partial charge in [-0.25, -0.2) is 4.99 Å². The van der Waals surface area contributed by atoms with E-state index in [0.29, 0.717) is 35.5 Å². The summed E-state index contributed by atoms with van der Waals surface area (Å²) in [6, 6.07) is 4.01. The zero-order valence-electron chi connectivity index (χ0n) is 19.0. The number of guanidine groups is 1. The van der Waals surface area contributed by atoms with E-state index >= 15 is 0 Å². The SMILES string of the molecule is CCNC(=NCc1nc(C)no1)N1CCN(Cc2cc(OC)c(OC)c(OC)c2)CC1. The van der Waals surface area contributed by atoms with Gasteiger partial charge in [0.25, 0.3) is 0 Å². The van der Waals surface area contributed by atoms with Gasteiger partial charge in [0.15, 0.2) is 23.3 Å². The molecule has 2 aromatic rings. The summed E-state index contributed by atoms with van der Waals surface area (Å²) >= 11 is 0. The molecule has 0 amide bonds. The number of methoxy groups -OCH3 is 3. The van der Waals surface area contributed by atoms with Crippen molar-refractivity contribution >= 4 is 5.96 Å². The molecule has 1 aromatic carbocycles. The molecule has 0 aliphatic carbocycles. The van der Waals surface area contributed by atoms with E-state index in [1.54, 1.807) is 28.3 Å². The predicted molar refractivity (Wildman–Crippen MR) is 117 cm³/mol. The highest BCUT2D eigenvalue weighted by Crippen LogP contribution is 2.38. The number of ether oxygens (including phenoxy) is 3. The number of rotatable bonds is 8. The van der Waals surface area contributed by atoms with E-state index in [1.807, 2.05) is 12.1 Å². The minimum Gasteiger partial charge on any atom is -0.493 e. The Hall–Kier alpha value is -3.01. The van der Waals surface area contributed by atoms with E-state index in [9.17, 15) is 0 Å². The van der Waals surface area contributed by atoms with Crippen molar-refractivity contribution in [2.45, 2.75) is 26.9 Å². The zero-order chi connectivity index (χ0) is 22.2. The smallest absolute Gasteiger partial charge is 0.248 e. The number of hydrogen-bond donors (Lipinski definition) is 1. The quantitative estimate of drug-likeness (QED) is 0.493. The molecule has 1 fully saturated rings. The van der Waals surface area contributed by atoms with Crippen LogP contribution >= 0.6 is 0 Å². The molecule has 1 saturated heterocycles. The normalized spacial score (nSPS) is 15.1. The van der Waals surface area contributed by atoms with Crippen molar-refractivity contribution in [3.05, 3.63) is 29.4 Å². The summed E-state index contributed by atoms with van der Waals surface area (Å²) in [6.07, 6.45) is 0. The van der Waals surface area contributed by atoms with Crippen molar-refractivity contribution < 1.29 is 18.7 Å². The Balaban J connectivity index is 1.61. The Morgan fingerprint density at radius 3 is 2.29 bits per heavy atom. The van der Waals surface area contributed by atoms with Crippen molar-refractivity contribution in [3.63, 3.8) is 0 Å². The summed E-state index contributed by atoms with van der Waals surface area (Å²) in [5.74, 6) is 3.97. The zero-order valence-corrected chi connectivity index (χ0v) is 19.0. The first-order valence-corrected chi connectivity index (χ1v) is 10.4. The first-order valence-electron chi connectivity index (χ1n) is 10.4. The summed E-state index contributed by atoms with van der Waals surface area (Å²) in [6.45, 7) is 9.42. The molecule has 1 aromatic heterocycles. The average Bonchev–Trinajstić information content (AvgIpc) is 3.21. The molecule has 2 heterocycles. The second kappa shape index (κ2) is 10.9. The molecule has 1 aliphatic rings. The van der Waals surface area contributed by atoms with Gasteiger partial charge in [-0.3, -0.25) is 4.90 Å². The summed E-state index contributed by atoms with van der Waals surface area (Å²) in [4.78, 5) is 13.5. The van der Waals surface area contributed by atoms with Gasteiger partial charge in [0, 0.05) is 39.3 Å². The van der Waals surface area contributed by atoms with Gasteiger partial charge >= 0.3 is 0 Å². The summed E-state index contributed by atoms with van der Waals surface area (Å²) < 4.78 is 21.5. The Bertz CT molecular complexity index is 852. The van der Waals surface area contributed by atoms with Crippen molar-refractivity contribution in [2.24, 2.45) is 4.99 Å². The number of hydrogen-bond acceptors (Lipinski definition) is 8. The number of aromatic nitrogens is 2. The third kappa shape index (κ3) is 5.78. The summed E-state index contributed by atoms with van der Waals surface area (Å²) in [5, 5.41) is 7.17. The van der Waals surface area contributed by atoms with E-state index in [1.165, 1.54) is 0 Å². The van der Waals surface area contributed by atoms with Crippen LogP contribution < -0.4 is 19.5 Å². The monoisotopic (exact) mass is 432 g/mol. The summed E-state index contributed by atoms with van der Waals surface area (Å²) in [7, 11) is 4.89. The van der Waals surface area contributed by atoms with Gasteiger partial charge in [0.05, 0.1) is 21.3 Å². The van der Waals surface area contributed by atoms with Crippen LogP contribution in [0.1, 0.15) is 24.2 Å². The van der Waals surface area contributed by atoms with E-state index in [-0.39, 0.29) is 0 Å². The molecular weight excluding hydrogens is 400 g/mol. The van der Waals surface area contributed by atoms with Gasteiger partial charge in [0.2, 0.25) is 11.6 Å². The van der Waals surface area contributed by atoms with Gasteiger partial charge in [-0.2, -0.15) is 4.98 Å². The Morgan fingerprint density at radius 1 is 1.10 bits per heavy atom. The number of nitrogens with zero attached hydrogens (tertiary/aromatic N) is 5. The van der Waals surface area contributed by atoms with Crippen LogP contribution in [0, 0.1) is 6.92 Å². The highest BCUT2D eigenvalue weighted by Gasteiger charge is 2.21. The third-order valence-corrected chi connectivity index (χ3v) is 5.07. The molecule has 0 unspecified atom stereocenters. The summed E-state index contributed by atoms with van der Waals surface area (Å²) in [5.41, 5.74) is 1.12. The lowest BCUT2D eigenvalue weighted by atomic mass is 10.1. The van der Waals surface area contributed by atoms with Gasteiger partial charge in [-0.1, -0.05) is 5.16 Å². The lowest BCUT2D eigenvalue weighted by molar-refractivity contribution is 0.172. The fourth-order valence-corrected chi connectivity index (χ4v) is 3.58. The van der Waals surface area contributed by atoms with E-state index in [2.05, 4.69) is 37.2 Å². The molecule has 0 saturated carbocycles. The van der Waals surface area contributed by atoms with Crippen LogP contribution in [0.5, 0.6) is 17.2 Å². The van der Waals surface area contributed by atoms with Crippen molar-refractivity contribution in [2.75, 3.05) is 54.1 Å². The molecule has 0 spiro atoms. The van der Waals surface area contributed by atoms with Crippen LogP contribution in [-0.2, 0) is 13.1 Å². The number of aliphatic imine (C=N–C) groups is 1. The van der Waals surface area contributed by atoms with Gasteiger partial charge < -0.3 is 29.0 Å². The first kappa shape index (κ1) is 22.7. The fourth-order valence-electron chi connectivity index (χ4n) is 3.58. The second-order valence-electron chi connectivity index (χ2n) is 7.20. The Morgan fingerprint density at radius 2 is 1.77 bits per heavy atom. The number of aryl methyl sites for hydroxylation is 1.